The van der Waals surface area contributed by atoms with Crippen LogP contribution in [0.25, 0.3) is 0 Å². The Morgan fingerprint density at radius 3 is 2.47 bits per heavy atom. The first-order valence-electron chi connectivity index (χ1n) is 11.0. The molecule has 1 saturated heterocycles. The molecule has 1 spiro atoms. The molecule has 4 rings (SSSR count). The van der Waals surface area contributed by atoms with Gasteiger partial charge >= 0.3 is 0 Å². The third-order valence-corrected chi connectivity index (χ3v) is 6.60. The molecule has 0 aromatic heterocycles. The van der Waals surface area contributed by atoms with Crippen molar-refractivity contribution >= 4 is 18.0 Å². The van der Waals surface area contributed by atoms with Crippen molar-refractivity contribution in [2.75, 3.05) is 20.2 Å². The van der Waals surface area contributed by atoms with E-state index in [2.05, 4.69) is 20.8 Å². The number of para-hydroxylation sites is 1. The zero-order valence-corrected chi connectivity index (χ0v) is 19.0. The summed E-state index contributed by atoms with van der Waals surface area (Å²) in [5, 5.41) is 0. The lowest BCUT2D eigenvalue weighted by atomic mass is 9.74. The summed E-state index contributed by atoms with van der Waals surface area (Å²) in [6.07, 6.45) is 1.53. The first-order valence-corrected chi connectivity index (χ1v) is 11.0. The van der Waals surface area contributed by atoms with Crippen molar-refractivity contribution in [3.63, 3.8) is 0 Å². The molecule has 2 aromatic rings. The van der Waals surface area contributed by atoms with Gasteiger partial charge in [0.2, 0.25) is 0 Å². The van der Waals surface area contributed by atoms with E-state index in [1.807, 2.05) is 18.2 Å². The lowest BCUT2D eigenvalue weighted by Crippen LogP contribution is -2.58. The molecule has 0 aliphatic carbocycles. The average molecular weight is 436 g/mol. The van der Waals surface area contributed by atoms with Crippen molar-refractivity contribution < 1.29 is 23.9 Å². The number of likely N-dealkylation sites (tertiary alicyclic amines) is 1. The van der Waals surface area contributed by atoms with Gasteiger partial charge in [-0.15, -0.1) is 0 Å². The summed E-state index contributed by atoms with van der Waals surface area (Å²) in [5.41, 5.74) is 1.03. The van der Waals surface area contributed by atoms with E-state index in [1.165, 1.54) is 0 Å². The number of carbonyl (C=O) groups excluding carboxylic acids is 3. The molecule has 0 saturated carbocycles. The largest absolute Gasteiger partial charge is 0.496 e. The number of Topliss-reactive ketones (excluding diaryl/α,β-unsaturated/α-hetero) is 1. The predicted octanol–water partition coefficient (Wildman–Crippen LogP) is 4.06. The molecule has 2 aliphatic heterocycles. The molecule has 0 radical (unpaired) electrons. The van der Waals surface area contributed by atoms with Crippen LogP contribution in [0.2, 0.25) is 0 Å². The van der Waals surface area contributed by atoms with Crippen molar-refractivity contribution in [1.82, 2.24) is 4.90 Å². The molecule has 0 bridgehead atoms. The fourth-order valence-electron chi connectivity index (χ4n) is 4.76. The van der Waals surface area contributed by atoms with E-state index in [1.54, 1.807) is 36.3 Å². The van der Waals surface area contributed by atoms with Gasteiger partial charge in [0.05, 0.1) is 12.7 Å². The molecule has 2 aromatic carbocycles. The highest BCUT2D eigenvalue weighted by molar-refractivity contribution is 6.09. The van der Waals surface area contributed by atoms with Crippen molar-refractivity contribution in [1.29, 1.82) is 0 Å². The number of aldehydes is 1. The Hall–Kier alpha value is -3.15. The molecular weight excluding hydrogens is 406 g/mol. The molecule has 6 heteroatoms. The molecule has 6 nitrogen and oxygen atoms in total. The molecule has 168 valence electrons. The number of methoxy groups -OCH3 is 1. The third kappa shape index (κ3) is 3.68. The zero-order chi connectivity index (χ0) is 23.1. The van der Waals surface area contributed by atoms with Gasteiger partial charge in [0.15, 0.2) is 5.78 Å². The van der Waals surface area contributed by atoms with Gasteiger partial charge in [0, 0.05) is 31.5 Å². The molecule has 1 unspecified atom stereocenters. The summed E-state index contributed by atoms with van der Waals surface area (Å²) >= 11 is 0. The molecular formula is C26H29NO5. The number of hydrogen-bond acceptors (Lipinski definition) is 5. The molecule has 1 atom stereocenters. The number of rotatable bonds is 3. The van der Waals surface area contributed by atoms with Gasteiger partial charge in [-0.1, -0.05) is 39.0 Å². The maximum Gasteiger partial charge on any atom is 0.253 e. The summed E-state index contributed by atoms with van der Waals surface area (Å²) in [5.74, 6) is 0.0438. The van der Waals surface area contributed by atoms with Gasteiger partial charge in [-0.25, -0.2) is 0 Å². The number of benzene rings is 2. The Morgan fingerprint density at radius 2 is 1.84 bits per heavy atom. The number of amides is 1. The van der Waals surface area contributed by atoms with Crippen LogP contribution >= 0.6 is 0 Å². The van der Waals surface area contributed by atoms with Crippen LogP contribution in [-0.4, -0.2) is 48.7 Å². The lowest BCUT2D eigenvalue weighted by Gasteiger charge is -2.46. The fraction of sp³-hybridized carbons (Fsp3) is 0.423. The van der Waals surface area contributed by atoms with Crippen LogP contribution < -0.4 is 9.47 Å². The smallest absolute Gasteiger partial charge is 0.253 e. The molecule has 1 amide bonds. The van der Waals surface area contributed by atoms with Crippen LogP contribution in [0.5, 0.6) is 11.5 Å². The second kappa shape index (κ2) is 8.08. The van der Waals surface area contributed by atoms with Gasteiger partial charge in [0.25, 0.3) is 5.91 Å². The minimum Gasteiger partial charge on any atom is -0.496 e. The minimum absolute atomic E-state index is 0.0937. The van der Waals surface area contributed by atoms with Crippen LogP contribution in [0.3, 0.4) is 0 Å². The first-order chi connectivity index (χ1) is 15.2. The van der Waals surface area contributed by atoms with E-state index >= 15 is 0 Å². The third-order valence-electron chi connectivity index (χ3n) is 6.60. The molecule has 2 heterocycles. The zero-order valence-electron chi connectivity index (χ0n) is 19.0. The monoisotopic (exact) mass is 435 g/mol. The van der Waals surface area contributed by atoms with Gasteiger partial charge in [-0.05, 0) is 35.2 Å². The number of hydrogen-bond donors (Lipinski definition) is 0. The Labute approximate surface area is 188 Å². The van der Waals surface area contributed by atoms with E-state index in [-0.39, 0.29) is 17.1 Å². The Kier molecular flexibility index (Phi) is 5.57. The Bertz CT molecular complexity index is 1060. The van der Waals surface area contributed by atoms with Gasteiger partial charge in [-0.3, -0.25) is 9.59 Å². The molecule has 32 heavy (non-hydrogen) atoms. The van der Waals surface area contributed by atoms with Crippen LogP contribution in [0.1, 0.15) is 59.9 Å². The van der Waals surface area contributed by atoms with Gasteiger partial charge < -0.3 is 19.2 Å². The fourth-order valence-corrected chi connectivity index (χ4v) is 4.76. The molecule has 0 N–H and O–H groups in total. The number of ether oxygens (including phenoxy) is 2. The highest BCUT2D eigenvalue weighted by atomic mass is 16.5. The summed E-state index contributed by atoms with van der Waals surface area (Å²) in [6.45, 7) is 7.11. The second-order valence-electron chi connectivity index (χ2n) is 9.60. The van der Waals surface area contributed by atoms with Crippen molar-refractivity contribution in [2.24, 2.45) is 5.92 Å². The van der Waals surface area contributed by atoms with E-state index in [0.717, 1.165) is 5.56 Å². The number of nitrogens with zero attached hydrogens (tertiary/aromatic N) is 1. The Balaban J connectivity index is 1.54. The van der Waals surface area contributed by atoms with Gasteiger partial charge in [0.1, 0.15) is 29.3 Å². The first kappa shape index (κ1) is 22.1. The van der Waals surface area contributed by atoms with E-state index in [9.17, 15) is 14.4 Å². The number of carbonyl (C=O) groups is 3. The molecule has 1 fully saturated rings. The summed E-state index contributed by atoms with van der Waals surface area (Å²) in [7, 11) is 1.61. The topological polar surface area (TPSA) is 72.9 Å². The van der Waals surface area contributed by atoms with Crippen LogP contribution in [0.15, 0.2) is 42.5 Å². The van der Waals surface area contributed by atoms with Gasteiger partial charge in [-0.2, -0.15) is 0 Å². The SMILES string of the molecule is COc1cc(C(=O)N2CCC3(CC2)Oc2ccccc2C(=O)C3C=O)ccc1C(C)(C)C. The summed E-state index contributed by atoms with van der Waals surface area (Å²) in [4.78, 5) is 39.8. The van der Waals surface area contributed by atoms with Crippen LogP contribution in [0, 0.1) is 5.92 Å². The maximum absolute atomic E-state index is 13.2. The average Bonchev–Trinajstić information content (AvgIpc) is 2.78. The van der Waals surface area contributed by atoms with E-state index in [0.29, 0.717) is 54.8 Å². The maximum atomic E-state index is 13.2. The molecule has 2 aliphatic rings. The van der Waals surface area contributed by atoms with E-state index < -0.39 is 11.5 Å². The normalized spacial score (nSPS) is 19.8. The van der Waals surface area contributed by atoms with Crippen LogP contribution in [0.4, 0.5) is 0 Å². The Morgan fingerprint density at radius 1 is 1.16 bits per heavy atom. The van der Waals surface area contributed by atoms with E-state index in [4.69, 9.17) is 9.47 Å². The number of ketones is 1. The van der Waals surface area contributed by atoms with Crippen molar-refractivity contribution in [3.05, 3.63) is 59.2 Å². The van der Waals surface area contributed by atoms with Crippen molar-refractivity contribution in [2.45, 2.75) is 44.6 Å². The van der Waals surface area contributed by atoms with Crippen molar-refractivity contribution in [3.8, 4) is 11.5 Å². The predicted molar refractivity (Wildman–Crippen MR) is 121 cm³/mol. The highest BCUT2D eigenvalue weighted by Gasteiger charge is 2.51. The van der Waals surface area contributed by atoms with Crippen LogP contribution in [-0.2, 0) is 10.2 Å². The summed E-state index contributed by atoms with van der Waals surface area (Å²) < 4.78 is 11.8. The second-order valence-corrected chi connectivity index (χ2v) is 9.60. The number of piperidine rings is 1. The highest BCUT2D eigenvalue weighted by Crippen LogP contribution is 2.42. The number of fused-ring (bicyclic) bond motifs is 1. The lowest BCUT2D eigenvalue weighted by molar-refractivity contribution is -0.118. The summed E-state index contributed by atoms with van der Waals surface area (Å²) in [6, 6.07) is 12.6. The quantitative estimate of drug-likeness (QED) is 0.537. The minimum atomic E-state index is -0.905. The standard InChI is InChI=1S/C26H29NO5/c1-25(2,3)19-10-9-17(15-22(19)31-4)24(30)27-13-11-26(12-14-27)20(16-28)23(29)18-7-5-6-8-21(18)32-26/h5-10,15-16,20H,11-14H2,1-4H3.